The summed E-state index contributed by atoms with van der Waals surface area (Å²) in [7, 11) is 0. The molecule has 0 radical (unpaired) electrons. The maximum absolute atomic E-state index is 6.05. The van der Waals surface area contributed by atoms with Gasteiger partial charge >= 0.3 is 0 Å². The van der Waals surface area contributed by atoms with Crippen LogP contribution in [-0.4, -0.2) is 12.7 Å². The number of hydrogen-bond acceptors (Lipinski definition) is 1. The molecule has 0 fully saturated rings. The second-order valence-corrected chi connectivity index (χ2v) is 6.24. The first kappa shape index (κ1) is 15.1. The van der Waals surface area contributed by atoms with Crippen LogP contribution in [0.1, 0.15) is 39.7 Å². The Balaban J connectivity index is 2.00. The third-order valence-electron chi connectivity index (χ3n) is 4.63. The Labute approximate surface area is 123 Å². The molecule has 2 aromatic carbocycles. The quantitative estimate of drug-likeness (QED) is 0.699. The smallest absolute Gasteiger partial charge is 0.0597 e. The Morgan fingerprint density at radius 3 is 2.50 bits per heavy atom. The summed E-state index contributed by atoms with van der Waals surface area (Å²) >= 11 is 0. The lowest BCUT2D eigenvalue weighted by atomic mass is 9.85. The molecule has 0 bridgehead atoms. The monoisotopic (exact) mass is 270 g/mol. The van der Waals surface area contributed by atoms with E-state index in [0.29, 0.717) is 6.10 Å². The molecule has 1 heteroatoms. The largest absolute Gasteiger partial charge is 0.378 e. The van der Waals surface area contributed by atoms with Crippen LogP contribution in [0.15, 0.2) is 42.5 Å². The predicted octanol–water partition coefficient (Wildman–Crippen LogP) is 5.22. The van der Waals surface area contributed by atoms with E-state index >= 15 is 0 Å². The highest BCUT2D eigenvalue weighted by molar-refractivity contribution is 5.85. The molecule has 20 heavy (non-hydrogen) atoms. The summed E-state index contributed by atoms with van der Waals surface area (Å²) in [5.41, 5.74) is 1.63. The fourth-order valence-corrected chi connectivity index (χ4v) is 2.37. The van der Waals surface area contributed by atoms with Crippen molar-refractivity contribution < 1.29 is 4.74 Å². The van der Waals surface area contributed by atoms with Gasteiger partial charge in [0.2, 0.25) is 0 Å². The summed E-state index contributed by atoms with van der Waals surface area (Å²) in [5, 5.41) is 2.66. The van der Waals surface area contributed by atoms with Crippen molar-refractivity contribution in [2.75, 3.05) is 6.61 Å². The molecule has 0 aliphatic carbocycles. The first-order valence-corrected chi connectivity index (χ1v) is 7.63. The average molecular weight is 270 g/mol. The zero-order valence-electron chi connectivity index (χ0n) is 13.1. The molecular weight excluding hydrogens is 244 g/mol. The van der Waals surface area contributed by atoms with Gasteiger partial charge in [-0.15, -0.1) is 0 Å². The number of ether oxygens (including phenoxy) is 1. The second-order valence-electron chi connectivity index (χ2n) is 6.24. The van der Waals surface area contributed by atoms with Gasteiger partial charge in [-0.3, -0.25) is 0 Å². The van der Waals surface area contributed by atoms with E-state index < -0.39 is 0 Å². The highest BCUT2D eigenvalue weighted by Gasteiger charge is 2.24. The second kappa shape index (κ2) is 6.41. The number of fused-ring (bicyclic) bond motifs is 1. The highest BCUT2D eigenvalue weighted by atomic mass is 16.5. The van der Waals surface area contributed by atoms with Gasteiger partial charge in [0.05, 0.1) is 12.7 Å². The molecule has 1 atom stereocenters. The number of rotatable bonds is 6. The van der Waals surface area contributed by atoms with Crippen LogP contribution in [0.4, 0.5) is 0 Å². The van der Waals surface area contributed by atoms with Crippen LogP contribution < -0.4 is 0 Å². The van der Waals surface area contributed by atoms with E-state index in [1.165, 1.54) is 16.3 Å². The van der Waals surface area contributed by atoms with E-state index in [0.717, 1.165) is 19.4 Å². The average Bonchev–Trinajstić information content (AvgIpc) is 2.47. The Hall–Kier alpha value is -1.34. The molecule has 0 aliphatic heterocycles. The lowest BCUT2D eigenvalue weighted by Crippen LogP contribution is -2.29. The van der Waals surface area contributed by atoms with Gasteiger partial charge in [-0.25, -0.2) is 0 Å². The third-order valence-corrected chi connectivity index (χ3v) is 4.63. The molecule has 108 valence electrons. The first-order chi connectivity index (χ1) is 9.54. The summed E-state index contributed by atoms with van der Waals surface area (Å²) in [6, 6.07) is 15.1. The van der Waals surface area contributed by atoms with Crippen LogP contribution >= 0.6 is 0 Å². The van der Waals surface area contributed by atoms with Gasteiger partial charge < -0.3 is 4.74 Å². The topological polar surface area (TPSA) is 9.23 Å². The fraction of sp³-hybridized carbons (Fsp3) is 0.474. The molecule has 2 aromatic rings. The summed E-state index contributed by atoms with van der Waals surface area (Å²) in [6.07, 6.45) is 2.41. The van der Waals surface area contributed by atoms with Gasteiger partial charge in [-0.1, -0.05) is 63.2 Å². The Morgan fingerprint density at radius 2 is 1.75 bits per heavy atom. The van der Waals surface area contributed by atoms with Crippen LogP contribution in [0.25, 0.3) is 10.8 Å². The van der Waals surface area contributed by atoms with Crippen molar-refractivity contribution in [1.82, 2.24) is 0 Å². The first-order valence-electron chi connectivity index (χ1n) is 7.63. The fourth-order valence-electron chi connectivity index (χ4n) is 2.37. The minimum atomic E-state index is 0.249. The summed E-state index contributed by atoms with van der Waals surface area (Å²) in [4.78, 5) is 0. The van der Waals surface area contributed by atoms with Crippen LogP contribution in [-0.2, 0) is 11.2 Å². The predicted molar refractivity (Wildman–Crippen MR) is 87.1 cm³/mol. The van der Waals surface area contributed by atoms with Crippen LogP contribution in [0.5, 0.6) is 0 Å². The van der Waals surface area contributed by atoms with Gasteiger partial charge in [-0.05, 0) is 41.5 Å². The van der Waals surface area contributed by atoms with Crippen molar-refractivity contribution in [1.29, 1.82) is 0 Å². The zero-order valence-corrected chi connectivity index (χ0v) is 13.1. The summed E-state index contributed by atoms with van der Waals surface area (Å²) in [6.45, 7) is 9.75. The van der Waals surface area contributed by atoms with Crippen molar-refractivity contribution in [3.63, 3.8) is 0 Å². The van der Waals surface area contributed by atoms with E-state index in [9.17, 15) is 0 Å². The van der Waals surface area contributed by atoms with Crippen molar-refractivity contribution in [3.05, 3.63) is 48.0 Å². The molecule has 0 saturated carbocycles. The normalized spacial score (nSPS) is 13.6. The molecular formula is C19H26O. The zero-order chi connectivity index (χ0) is 14.6. The summed E-state index contributed by atoms with van der Waals surface area (Å²) < 4.78 is 6.05. The highest BCUT2D eigenvalue weighted by Crippen LogP contribution is 2.27. The molecule has 0 aromatic heterocycles. The molecule has 1 nitrogen and oxygen atoms in total. The standard InChI is InChI=1S/C19H26O/c1-5-19(3,4)15(2)20-14-13-17-11-8-10-16-9-6-7-12-18(16)17/h6-12,15H,5,13-14H2,1-4H3. The van der Waals surface area contributed by atoms with Gasteiger partial charge in [0.1, 0.15) is 0 Å². The molecule has 0 saturated heterocycles. The molecule has 0 N–H and O–H groups in total. The number of hydrogen-bond donors (Lipinski definition) is 0. The minimum Gasteiger partial charge on any atom is -0.378 e. The van der Waals surface area contributed by atoms with E-state index in [2.05, 4.69) is 70.2 Å². The lowest BCUT2D eigenvalue weighted by Gasteiger charge is -2.30. The van der Waals surface area contributed by atoms with Crippen LogP contribution in [0, 0.1) is 5.41 Å². The van der Waals surface area contributed by atoms with Gasteiger partial charge in [0.25, 0.3) is 0 Å². The van der Waals surface area contributed by atoms with Crippen molar-refractivity contribution in [2.45, 2.75) is 46.6 Å². The molecule has 0 amide bonds. The lowest BCUT2D eigenvalue weighted by molar-refractivity contribution is -0.0132. The van der Waals surface area contributed by atoms with E-state index in [1.54, 1.807) is 0 Å². The molecule has 1 unspecified atom stereocenters. The van der Waals surface area contributed by atoms with Crippen LogP contribution in [0.3, 0.4) is 0 Å². The van der Waals surface area contributed by atoms with Gasteiger partial charge in [0, 0.05) is 0 Å². The van der Waals surface area contributed by atoms with Gasteiger partial charge in [0.15, 0.2) is 0 Å². The number of benzene rings is 2. The Kier molecular flexibility index (Phi) is 4.82. The Bertz CT molecular complexity index is 551. The third kappa shape index (κ3) is 3.40. The van der Waals surface area contributed by atoms with Crippen molar-refractivity contribution >= 4 is 10.8 Å². The van der Waals surface area contributed by atoms with Crippen molar-refractivity contribution in [3.8, 4) is 0 Å². The maximum atomic E-state index is 6.05. The SMILES string of the molecule is CCC(C)(C)C(C)OCCc1cccc2ccccc12. The minimum absolute atomic E-state index is 0.249. The molecule has 0 spiro atoms. The molecule has 0 heterocycles. The van der Waals surface area contributed by atoms with E-state index in [1.807, 2.05) is 0 Å². The maximum Gasteiger partial charge on any atom is 0.0597 e. The molecule has 0 aliphatic rings. The van der Waals surface area contributed by atoms with Gasteiger partial charge in [-0.2, -0.15) is 0 Å². The Morgan fingerprint density at radius 1 is 1.05 bits per heavy atom. The van der Waals surface area contributed by atoms with E-state index in [-0.39, 0.29) is 5.41 Å². The van der Waals surface area contributed by atoms with E-state index in [4.69, 9.17) is 4.74 Å². The van der Waals surface area contributed by atoms with Crippen molar-refractivity contribution in [2.24, 2.45) is 5.41 Å². The summed E-state index contributed by atoms with van der Waals surface area (Å²) in [5.74, 6) is 0. The molecule has 2 rings (SSSR count). The van der Waals surface area contributed by atoms with Crippen LogP contribution in [0.2, 0.25) is 0 Å².